The summed E-state index contributed by atoms with van der Waals surface area (Å²) < 4.78 is 4.89. The second-order valence-electron chi connectivity index (χ2n) is 1.44. The molecule has 0 atom stereocenters. The Hall–Kier alpha value is -0.0200. The van der Waals surface area contributed by atoms with Crippen molar-refractivity contribution in [2.75, 3.05) is 14.2 Å². The minimum absolute atomic E-state index is 0. The first-order valence-electron chi connectivity index (χ1n) is 2.88. The van der Waals surface area contributed by atoms with Crippen LogP contribution in [0.1, 0.15) is 0 Å². The third-order valence-corrected chi connectivity index (χ3v) is 0.923. The van der Waals surface area contributed by atoms with Crippen molar-refractivity contribution in [1.82, 2.24) is 0 Å². The molecule has 0 spiro atoms. The maximum Gasteiger partial charge on any atom is 1.00 e. The largest absolute Gasteiger partial charge is 1.00 e. The van der Waals surface area contributed by atoms with Crippen molar-refractivity contribution in [1.29, 1.82) is 0 Å². The topological polar surface area (TPSA) is 29.5 Å². The van der Waals surface area contributed by atoms with E-state index in [9.17, 15) is 0 Å². The molecule has 0 aromatic heterocycles. The summed E-state index contributed by atoms with van der Waals surface area (Å²) in [6.45, 7) is 0. The van der Waals surface area contributed by atoms with E-state index in [0.717, 1.165) is 12.9 Å². The fourth-order valence-corrected chi connectivity index (χ4v) is 0.508. The van der Waals surface area contributed by atoms with Crippen LogP contribution in [-0.4, -0.2) is 19.3 Å². The normalized spacial score (nSPS) is 6.82. The van der Waals surface area contributed by atoms with Gasteiger partial charge < -0.3 is 9.84 Å². The summed E-state index contributed by atoms with van der Waals surface area (Å²) in [6.07, 6.45) is 0. The van der Waals surface area contributed by atoms with E-state index in [1.165, 1.54) is 0 Å². The van der Waals surface area contributed by atoms with Gasteiger partial charge in [0.25, 0.3) is 0 Å². The van der Waals surface area contributed by atoms with Crippen LogP contribution < -0.4 is 34.3 Å². The van der Waals surface area contributed by atoms with Gasteiger partial charge in [0.2, 0.25) is 0 Å². The Morgan fingerprint density at radius 1 is 1.27 bits per heavy atom. The van der Waals surface area contributed by atoms with E-state index in [0.29, 0.717) is 0 Å². The molecule has 1 N–H and O–H groups in total. The van der Waals surface area contributed by atoms with Crippen molar-refractivity contribution in [3.8, 4) is 5.75 Å². The van der Waals surface area contributed by atoms with Crippen LogP contribution in [0.3, 0.4) is 0 Å². The van der Waals surface area contributed by atoms with Gasteiger partial charge in [-0.25, -0.2) is 0 Å². The fraction of sp³-hybridized carbons (Fsp3) is 0.250. The first-order valence-corrected chi connectivity index (χ1v) is 2.88. The second kappa shape index (κ2) is 9.98. The second-order valence-corrected chi connectivity index (χ2v) is 1.44. The summed E-state index contributed by atoms with van der Waals surface area (Å²) in [7, 11) is 2.65. The average Bonchev–Trinajstić information content (AvgIpc) is 2.10. The average molecular weight is 162 g/mol. The zero-order chi connectivity index (χ0) is 7.82. The molecule has 0 saturated heterocycles. The van der Waals surface area contributed by atoms with Gasteiger partial charge in [0.05, 0.1) is 7.11 Å². The number of methoxy groups -OCH3 is 1. The van der Waals surface area contributed by atoms with Gasteiger partial charge in [-0.3, -0.25) is 0 Å². The maximum atomic E-state index is 7.00. The van der Waals surface area contributed by atoms with Gasteiger partial charge in [-0.2, -0.15) is 18.2 Å². The monoisotopic (exact) mass is 162 g/mol. The number of hydrogen-bond acceptors (Lipinski definition) is 2. The molecule has 56 valence electrons. The van der Waals surface area contributed by atoms with E-state index < -0.39 is 0 Å². The molecule has 2 nitrogen and oxygen atoms in total. The Labute approximate surface area is 89.5 Å². The summed E-state index contributed by atoms with van der Waals surface area (Å²) in [5.74, 6) is 0.878. The molecule has 3 heteroatoms. The predicted molar refractivity (Wildman–Crippen MR) is 40.0 cm³/mol. The van der Waals surface area contributed by atoms with Crippen molar-refractivity contribution in [2.45, 2.75) is 0 Å². The van der Waals surface area contributed by atoms with Crippen LogP contribution in [-0.2, 0) is 0 Å². The molecule has 0 saturated carbocycles. The molecule has 11 heavy (non-hydrogen) atoms. The zero-order valence-electron chi connectivity index (χ0n) is 7.16. The van der Waals surface area contributed by atoms with Crippen LogP contribution in [0.25, 0.3) is 0 Å². The molecule has 0 unspecified atom stereocenters. The van der Waals surface area contributed by atoms with E-state index in [-0.39, 0.29) is 29.6 Å². The summed E-state index contributed by atoms with van der Waals surface area (Å²) in [5, 5.41) is 7.00. The van der Waals surface area contributed by atoms with E-state index in [1.807, 2.05) is 24.3 Å². The van der Waals surface area contributed by atoms with Crippen molar-refractivity contribution in [3.63, 3.8) is 0 Å². The number of benzene rings is 1. The van der Waals surface area contributed by atoms with Gasteiger partial charge in [-0.05, 0) is 0 Å². The molecule has 0 amide bonds. The molecule has 0 aliphatic carbocycles. The van der Waals surface area contributed by atoms with Crippen molar-refractivity contribution in [2.24, 2.45) is 0 Å². The van der Waals surface area contributed by atoms with Crippen LogP contribution in [0, 0.1) is 6.07 Å². The first-order chi connectivity index (χ1) is 4.93. The van der Waals surface area contributed by atoms with E-state index in [2.05, 4.69) is 6.07 Å². The van der Waals surface area contributed by atoms with Crippen LogP contribution in [0.15, 0.2) is 24.3 Å². The zero-order valence-corrected chi connectivity index (χ0v) is 9.16. The third-order valence-electron chi connectivity index (χ3n) is 0.923. The summed E-state index contributed by atoms with van der Waals surface area (Å²) >= 11 is 0. The van der Waals surface area contributed by atoms with E-state index >= 15 is 0 Å². The molecule has 0 fully saturated rings. The Balaban J connectivity index is 0. The number of hydrogen-bond donors (Lipinski definition) is 1. The Morgan fingerprint density at radius 2 is 1.73 bits per heavy atom. The van der Waals surface area contributed by atoms with Gasteiger partial charge >= 0.3 is 29.6 Å². The van der Waals surface area contributed by atoms with Gasteiger partial charge in [-0.15, -0.1) is 12.1 Å². The van der Waals surface area contributed by atoms with Crippen molar-refractivity contribution >= 4 is 0 Å². The minimum Gasteiger partial charge on any atom is -0.522 e. The Morgan fingerprint density at radius 3 is 2.00 bits per heavy atom. The number of rotatable bonds is 1. The fourth-order valence-electron chi connectivity index (χ4n) is 0.508. The molecule has 0 aliphatic rings. The SMILES string of the molecule is CO.COc1cc[c-]cc1.[Na+]. The number of aliphatic hydroxyl groups is 1. The predicted octanol–water partition coefficient (Wildman–Crippen LogP) is -1.89. The minimum atomic E-state index is 0. The van der Waals surface area contributed by atoms with E-state index in [1.54, 1.807) is 7.11 Å². The summed E-state index contributed by atoms with van der Waals surface area (Å²) in [4.78, 5) is 0. The van der Waals surface area contributed by atoms with Crippen molar-refractivity contribution < 1.29 is 39.4 Å². The molecule has 0 radical (unpaired) electrons. The molecular weight excluding hydrogens is 151 g/mol. The Bertz CT molecular complexity index is 153. The standard InChI is InChI=1S/C7H7O.CH4O.Na/c1-8-7-5-3-2-4-6-7;1-2;/h3-6H,1H3;2H,1H3;/q-1;;+1. The summed E-state index contributed by atoms with van der Waals surface area (Å²) in [6, 6.07) is 10.2. The molecule has 0 heterocycles. The van der Waals surface area contributed by atoms with Crippen LogP contribution in [0.2, 0.25) is 0 Å². The molecule has 1 rings (SSSR count). The quantitative estimate of drug-likeness (QED) is 0.386. The van der Waals surface area contributed by atoms with Gasteiger partial charge in [-0.1, -0.05) is 0 Å². The van der Waals surface area contributed by atoms with Gasteiger partial charge in [0.15, 0.2) is 0 Å². The molecule has 1 aromatic rings. The van der Waals surface area contributed by atoms with Crippen LogP contribution in [0.4, 0.5) is 0 Å². The molecule has 1 aromatic carbocycles. The van der Waals surface area contributed by atoms with Gasteiger partial charge in [0.1, 0.15) is 0 Å². The molecule has 0 aliphatic heterocycles. The first kappa shape index (κ1) is 13.6. The van der Waals surface area contributed by atoms with Gasteiger partial charge in [0, 0.05) is 12.9 Å². The van der Waals surface area contributed by atoms with E-state index in [4.69, 9.17) is 9.84 Å². The Kier molecular flexibility index (Phi) is 12.3. The smallest absolute Gasteiger partial charge is 0.522 e. The van der Waals surface area contributed by atoms with Crippen molar-refractivity contribution in [3.05, 3.63) is 30.3 Å². The third kappa shape index (κ3) is 6.38. The number of ether oxygens (including phenoxy) is 1. The molecular formula is C8H11NaO2. The van der Waals surface area contributed by atoms with Crippen LogP contribution >= 0.6 is 0 Å². The maximum absolute atomic E-state index is 7.00. The van der Waals surface area contributed by atoms with Crippen LogP contribution in [0.5, 0.6) is 5.75 Å². The molecule has 0 bridgehead atoms. The number of aliphatic hydroxyl groups excluding tert-OH is 1. The summed E-state index contributed by atoms with van der Waals surface area (Å²) in [5.41, 5.74) is 0.